The molecule has 0 aliphatic carbocycles. The van der Waals surface area contributed by atoms with Crippen LogP contribution in [0.2, 0.25) is 0 Å². The number of hydrogen-bond acceptors (Lipinski definition) is 4. The molecule has 0 spiro atoms. The molecular formula is C17H25N5O2. The molecule has 2 rings (SSSR count). The van der Waals surface area contributed by atoms with Crippen LogP contribution in [0.15, 0.2) is 23.0 Å². The summed E-state index contributed by atoms with van der Waals surface area (Å²) in [6.45, 7) is 9.77. The molecule has 2 aromatic heterocycles. The smallest absolute Gasteiger partial charge is 0.271 e. The number of carbonyl (C=O) groups excluding carboxylic acids is 1. The summed E-state index contributed by atoms with van der Waals surface area (Å²) in [6, 6.07) is 4.89. The first-order chi connectivity index (χ1) is 11.4. The van der Waals surface area contributed by atoms with E-state index in [0.717, 1.165) is 24.4 Å². The van der Waals surface area contributed by atoms with Crippen molar-refractivity contribution in [3.8, 4) is 0 Å². The maximum Gasteiger partial charge on any atom is 0.271 e. The molecule has 7 nitrogen and oxygen atoms in total. The minimum Gasteiger partial charge on any atom is -0.350 e. The van der Waals surface area contributed by atoms with Crippen molar-refractivity contribution in [1.29, 1.82) is 0 Å². The molecule has 7 heteroatoms. The van der Waals surface area contributed by atoms with Gasteiger partial charge in [0.15, 0.2) is 0 Å². The number of nitrogens with one attached hydrogen (secondary N) is 1. The Kier molecular flexibility index (Phi) is 5.89. The maximum absolute atomic E-state index is 12.2. The zero-order valence-corrected chi connectivity index (χ0v) is 14.7. The van der Waals surface area contributed by atoms with Gasteiger partial charge in [-0.15, -0.1) is 0 Å². The van der Waals surface area contributed by atoms with Crippen LogP contribution in [-0.4, -0.2) is 32.0 Å². The van der Waals surface area contributed by atoms with Gasteiger partial charge in [0.1, 0.15) is 5.69 Å². The SMILES string of the molecule is CCCn1nc(C(=O)NCC(C)Cn2nc(C)cc2C)ccc1=O. The topological polar surface area (TPSA) is 81.8 Å². The molecule has 2 heterocycles. The fourth-order valence-electron chi connectivity index (χ4n) is 2.52. The predicted octanol–water partition coefficient (Wildman–Crippen LogP) is 1.53. The molecule has 0 saturated heterocycles. The Labute approximate surface area is 141 Å². The van der Waals surface area contributed by atoms with Gasteiger partial charge in [0.05, 0.1) is 5.69 Å². The zero-order chi connectivity index (χ0) is 17.7. The molecule has 0 aliphatic heterocycles. The van der Waals surface area contributed by atoms with Crippen LogP contribution in [0.5, 0.6) is 0 Å². The third-order valence-electron chi connectivity index (χ3n) is 3.73. The van der Waals surface area contributed by atoms with Crippen LogP contribution >= 0.6 is 0 Å². The highest BCUT2D eigenvalue weighted by Crippen LogP contribution is 2.06. The molecule has 1 amide bonds. The Bertz CT molecular complexity index is 763. The van der Waals surface area contributed by atoms with Crippen molar-refractivity contribution >= 4 is 5.91 Å². The second kappa shape index (κ2) is 7.90. The summed E-state index contributed by atoms with van der Waals surface area (Å²) in [6.07, 6.45) is 0.789. The molecular weight excluding hydrogens is 306 g/mol. The van der Waals surface area contributed by atoms with Gasteiger partial charge in [0.25, 0.3) is 11.5 Å². The van der Waals surface area contributed by atoms with E-state index >= 15 is 0 Å². The number of aryl methyl sites for hydroxylation is 3. The number of aromatic nitrogens is 4. The lowest BCUT2D eigenvalue weighted by Crippen LogP contribution is -2.33. The van der Waals surface area contributed by atoms with Crippen LogP contribution in [0.1, 0.15) is 42.1 Å². The van der Waals surface area contributed by atoms with Crippen molar-refractivity contribution in [2.75, 3.05) is 6.54 Å². The first-order valence-electron chi connectivity index (χ1n) is 8.28. The van der Waals surface area contributed by atoms with E-state index in [1.54, 1.807) is 0 Å². The summed E-state index contributed by atoms with van der Waals surface area (Å²) in [5.74, 6) is -0.0337. The van der Waals surface area contributed by atoms with Crippen LogP contribution in [0.3, 0.4) is 0 Å². The number of hydrogen-bond donors (Lipinski definition) is 1. The summed E-state index contributed by atoms with van der Waals surface area (Å²) < 4.78 is 3.28. The minimum absolute atomic E-state index is 0.189. The molecule has 1 N–H and O–H groups in total. The van der Waals surface area contributed by atoms with E-state index in [-0.39, 0.29) is 23.1 Å². The van der Waals surface area contributed by atoms with Crippen molar-refractivity contribution in [3.63, 3.8) is 0 Å². The molecule has 1 atom stereocenters. The molecule has 130 valence electrons. The van der Waals surface area contributed by atoms with Gasteiger partial charge in [-0.3, -0.25) is 14.3 Å². The van der Waals surface area contributed by atoms with E-state index in [4.69, 9.17) is 0 Å². The molecule has 24 heavy (non-hydrogen) atoms. The quantitative estimate of drug-likeness (QED) is 0.834. The summed E-state index contributed by atoms with van der Waals surface area (Å²) in [4.78, 5) is 23.9. The average Bonchev–Trinajstić information content (AvgIpc) is 2.85. The van der Waals surface area contributed by atoms with Crippen LogP contribution in [-0.2, 0) is 13.1 Å². The number of rotatable bonds is 7. The van der Waals surface area contributed by atoms with E-state index in [1.807, 2.05) is 31.5 Å². The van der Waals surface area contributed by atoms with Crippen LogP contribution < -0.4 is 10.9 Å². The fraction of sp³-hybridized carbons (Fsp3) is 0.529. The normalized spacial score (nSPS) is 12.2. The fourth-order valence-corrected chi connectivity index (χ4v) is 2.52. The van der Waals surface area contributed by atoms with Crippen molar-refractivity contribution in [2.45, 2.75) is 47.2 Å². The van der Waals surface area contributed by atoms with Gasteiger partial charge in [-0.2, -0.15) is 10.2 Å². The van der Waals surface area contributed by atoms with Crippen molar-refractivity contribution in [2.24, 2.45) is 5.92 Å². The van der Waals surface area contributed by atoms with E-state index in [1.165, 1.54) is 16.8 Å². The predicted molar refractivity (Wildman–Crippen MR) is 92.0 cm³/mol. The molecule has 2 aromatic rings. The third-order valence-corrected chi connectivity index (χ3v) is 3.73. The molecule has 0 bridgehead atoms. The monoisotopic (exact) mass is 331 g/mol. The largest absolute Gasteiger partial charge is 0.350 e. The lowest BCUT2D eigenvalue weighted by Gasteiger charge is -2.14. The van der Waals surface area contributed by atoms with Crippen molar-refractivity contribution in [1.82, 2.24) is 24.9 Å². The zero-order valence-electron chi connectivity index (χ0n) is 14.7. The van der Waals surface area contributed by atoms with E-state index in [0.29, 0.717) is 13.1 Å². The third kappa shape index (κ3) is 4.53. The number of carbonyl (C=O) groups is 1. The summed E-state index contributed by atoms with van der Waals surface area (Å²) in [7, 11) is 0. The highest BCUT2D eigenvalue weighted by Gasteiger charge is 2.12. The highest BCUT2D eigenvalue weighted by atomic mass is 16.2. The van der Waals surface area contributed by atoms with Crippen LogP contribution in [0, 0.1) is 19.8 Å². The van der Waals surface area contributed by atoms with E-state index in [2.05, 4.69) is 22.4 Å². The van der Waals surface area contributed by atoms with Gasteiger partial charge in [-0.1, -0.05) is 13.8 Å². The van der Waals surface area contributed by atoms with Crippen LogP contribution in [0.25, 0.3) is 0 Å². The summed E-state index contributed by atoms with van der Waals surface area (Å²) >= 11 is 0. The molecule has 0 radical (unpaired) electrons. The average molecular weight is 331 g/mol. The number of amides is 1. The van der Waals surface area contributed by atoms with Crippen molar-refractivity contribution in [3.05, 3.63) is 45.6 Å². The summed E-state index contributed by atoms with van der Waals surface area (Å²) in [5.41, 5.74) is 2.18. The Morgan fingerprint density at radius 1 is 1.25 bits per heavy atom. The van der Waals surface area contributed by atoms with Crippen LogP contribution in [0.4, 0.5) is 0 Å². The van der Waals surface area contributed by atoms with Gasteiger partial charge in [0.2, 0.25) is 0 Å². The van der Waals surface area contributed by atoms with Gasteiger partial charge in [0, 0.05) is 31.4 Å². The van der Waals surface area contributed by atoms with Gasteiger partial charge >= 0.3 is 0 Å². The van der Waals surface area contributed by atoms with Gasteiger partial charge < -0.3 is 5.32 Å². The molecule has 0 saturated carbocycles. The van der Waals surface area contributed by atoms with Gasteiger partial charge in [-0.05, 0) is 38.3 Å². The standard InChI is InChI=1S/C17H25N5O2/c1-5-8-21-16(23)7-6-15(20-21)17(24)18-10-12(2)11-22-14(4)9-13(3)19-22/h6-7,9,12H,5,8,10-11H2,1-4H3,(H,18,24). The van der Waals surface area contributed by atoms with Crippen molar-refractivity contribution < 1.29 is 4.79 Å². The minimum atomic E-state index is -0.264. The molecule has 0 fully saturated rings. The molecule has 0 aliphatic rings. The molecule has 1 unspecified atom stereocenters. The Morgan fingerprint density at radius 2 is 2.00 bits per heavy atom. The first kappa shape index (κ1) is 17.9. The van der Waals surface area contributed by atoms with E-state index in [9.17, 15) is 9.59 Å². The van der Waals surface area contributed by atoms with E-state index < -0.39 is 0 Å². The second-order valence-corrected chi connectivity index (χ2v) is 6.20. The first-order valence-corrected chi connectivity index (χ1v) is 8.28. The lowest BCUT2D eigenvalue weighted by molar-refractivity contribution is 0.0939. The Balaban J connectivity index is 1.94. The molecule has 0 aromatic carbocycles. The number of nitrogens with zero attached hydrogens (tertiary/aromatic N) is 4. The summed E-state index contributed by atoms with van der Waals surface area (Å²) in [5, 5.41) is 11.4. The Morgan fingerprint density at radius 3 is 2.62 bits per heavy atom. The lowest BCUT2D eigenvalue weighted by atomic mass is 10.2. The highest BCUT2D eigenvalue weighted by molar-refractivity contribution is 5.91. The maximum atomic E-state index is 12.2. The second-order valence-electron chi connectivity index (χ2n) is 6.20. The van der Waals surface area contributed by atoms with Gasteiger partial charge in [-0.25, -0.2) is 4.68 Å². The Hall–Kier alpha value is -2.44.